The largest absolute Gasteiger partial charge is 0.368 e. The van der Waals surface area contributed by atoms with Gasteiger partial charge in [-0.1, -0.05) is 18.2 Å². The van der Waals surface area contributed by atoms with Gasteiger partial charge in [0.1, 0.15) is 11.2 Å². The quantitative estimate of drug-likeness (QED) is 0.539. The van der Waals surface area contributed by atoms with Crippen molar-refractivity contribution in [1.29, 1.82) is 0 Å². The third-order valence-electron chi connectivity index (χ3n) is 3.44. The van der Waals surface area contributed by atoms with Crippen LogP contribution in [-0.2, 0) is 7.05 Å². The predicted octanol–water partition coefficient (Wildman–Crippen LogP) is 2.16. The van der Waals surface area contributed by atoms with Crippen molar-refractivity contribution in [3.63, 3.8) is 0 Å². The summed E-state index contributed by atoms with van der Waals surface area (Å²) in [7, 11) is 1.87. The van der Waals surface area contributed by atoms with Gasteiger partial charge >= 0.3 is 0 Å². The van der Waals surface area contributed by atoms with Crippen molar-refractivity contribution >= 4 is 27.8 Å². The molecular formula is C15H12N6. The second kappa shape index (κ2) is 4.24. The summed E-state index contributed by atoms with van der Waals surface area (Å²) in [4.78, 5) is 13.2. The molecular weight excluding hydrogens is 264 g/mol. The third-order valence-corrected chi connectivity index (χ3v) is 3.44. The summed E-state index contributed by atoms with van der Waals surface area (Å²) in [5, 5.41) is 6.16. The number of benzene rings is 1. The number of pyridine rings is 1. The van der Waals surface area contributed by atoms with E-state index in [1.807, 2.05) is 37.5 Å². The lowest BCUT2D eigenvalue weighted by atomic mass is 10.1. The third kappa shape index (κ3) is 1.80. The predicted molar refractivity (Wildman–Crippen MR) is 81.5 cm³/mol. The van der Waals surface area contributed by atoms with E-state index < -0.39 is 0 Å². The summed E-state index contributed by atoms with van der Waals surface area (Å²) >= 11 is 0. The summed E-state index contributed by atoms with van der Waals surface area (Å²) in [6.45, 7) is 0. The summed E-state index contributed by atoms with van der Waals surface area (Å²) in [5.74, 6) is 0.240. The van der Waals surface area contributed by atoms with Crippen LogP contribution in [0, 0.1) is 0 Å². The number of aryl methyl sites for hydroxylation is 1. The van der Waals surface area contributed by atoms with E-state index in [0.717, 1.165) is 33.1 Å². The Balaban J connectivity index is 2.19. The lowest BCUT2D eigenvalue weighted by Gasteiger charge is -2.07. The van der Waals surface area contributed by atoms with Crippen LogP contribution in [0.1, 0.15) is 0 Å². The second-order valence-corrected chi connectivity index (χ2v) is 4.87. The Labute approximate surface area is 120 Å². The molecule has 0 aliphatic rings. The molecule has 3 heterocycles. The molecule has 2 N–H and O–H groups in total. The van der Waals surface area contributed by atoms with Crippen molar-refractivity contribution in [3.8, 4) is 11.3 Å². The van der Waals surface area contributed by atoms with E-state index in [1.165, 1.54) is 0 Å². The first-order chi connectivity index (χ1) is 10.2. The fourth-order valence-electron chi connectivity index (χ4n) is 2.49. The van der Waals surface area contributed by atoms with Crippen molar-refractivity contribution in [2.24, 2.45) is 7.05 Å². The topological polar surface area (TPSA) is 82.5 Å². The summed E-state index contributed by atoms with van der Waals surface area (Å²) in [6.07, 6.45) is 5.44. The number of rotatable bonds is 1. The lowest BCUT2D eigenvalue weighted by Crippen LogP contribution is -1.97. The standard InChI is InChI=1S/C15H12N6/c1-21-8-9(6-18-21)13-14-11(7-17-15(16)20-14)10-4-2-3-5-12(10)19-13/h2-8H,1H3,(H2,16,17,20). The molecule has 0 atom stereocenters. The Morgan fingerprint density at radius 1 is 1.05 bits per heavy atom. The highest BCUT2D eigenvalue weighted by atomic mass is 15.2. The minimum atomic E-state index is 0.240. The Bertz CT molecular complexity index is 972. The highest BCUT2D eigenvalue weighted by Crippen LogP contribution is 2.30. The normalized spacial score (nSPS) is 11.3. The van der Waals surface area contributed by atoms with Gasteiger partial charge in [0.05, 0.1) is 11.7 Å². The number of nitrogen functional groups attached to an aromatic ring is 1. The smallest absolute Gasteiger partial charge is 0.220 e. The van der Waals surface area contributed by atoms with Crippen LogP contribution in [0.5, 0.6) is 0 Å². The van der Waals surface area contributed by atoms with Crippen LogP contribution < -0.4 is 5.73 Å². The fraction of sp³-hybridized carbons (Fsp3) is 0.0667. The second-order valence-electron chi connectivity index (χ2n) is 4.87. The zero-order chi connectivity index (χ0) is 14.4. The molecule has 21 heavy (non-hydrogen) atoms. The molecule has 0 radical (unpaired) electrons. The van der Waals surface area contributed by atoms with Crippen LogP contribution in [0.25, 0.3) is 33.1 Å². The number of hydrogen-bond donors (Lipinski definition) is 1. The molecule has 0 saturated heterocycles. The van der Waals surface area contributed by atoms with Crippen LogP contribution in [0.2, 0.25) is 0 Å². The molecule has 0 unspecified atom stereocenters. The highest BCUT2D eigenvalue weighted by molar-refractivity contribution is 6.08. The number of anilines is 1. The van der Waals surface area contributed by atoms with Gasteiger partial charge in [0, 0.05) is 35.8 Å². The van der Waals surface area contributed by atoms with E-state index in [1.54, 1.807) is 17.1 Å². The number of nitrogens with zero attached hydrogens (tertiary/aromatic N) is 5. The minimum absolute atomic E-state index is 0.240. The molecule has 0 aliphatic heterocycles. The van der Waals surface area contributed by atoms with Gasteiger partial charge in [0.25, 0.3) is 0 Å². The summed E-state index contributed by atoms with van der Waals surface area (Å²) < 4.78 is 1.74. The average Bonchev–Trinajstić information content (AvgIpc) is 2.92. The zero-order valence-electron chi connectivity index (χ0n) is 11.4. The molecule has 0 spiro atoms. The molecule has 0 fully saturated rings. The first-order valence-corrected chi connectivity index (χ1v) is 6.52. The van der Waals surface area contributed by atoms with Crippen LogP contribution >= 0.6 is 0 Å². The van der Waals surface area contributed by atoms with E-state index in [0.29, 0.717) is 0 Å². The fourth-order valence-corrected chi connectivity index (χ4v) is 2.49. The van der Waals surface area contributed by atoms with Crippen molar-refractivity contribution < 1.29 is 0 Å². The number of hydrogen-bond acceptors (Lipinski definition) is 5. The van der Waals surface area contributed by atoms with Gasteiger partial charge < -0.3 is 5.73 Å². The maximum atomic E-state index is 5.75. The number of nitrogens with two attached hydrogens (primary N) is 1. The molecule has 4 rings (SSSR count). The molecule has 4 aromatic rings. The SMILES string of the molecule is Cn1cc(-c2nc3ccccc3c3cnc(N)nc23)cn1. The van der Waals surface area contributed by atoms with Crippen LogP contribution in [-0.4, -0.2) is 24.7 Å². The maximum absolute atomic E-state index is 5.75. The first-order valence-electron chi connectivity index (χ1n) is 6.52. The molecule has 6 heteroatoms. The van der Waals surface area contributed by atoms with Gasteiger partial charge in [-0.25, -0.2) is 15.0 Å². The molecule has 6 nitrogen and oxygen atoms in total. The molecule has 102 valence electrons. The molecule has 0 amide bonds. The summed E-state index contributed by atoms with van der Waals surface area (Å²) in [5.41, 5.74) is 9.07. The molecule has 0 bridgehead atoms. The van der Waals surface area contributed by atoms with E-state index in [2.05, 4.69) is 15.1 Å². The Hall–Kier alpha value is -3.02. The van der Waals surface area contributed by atoms with Crippen LogP contribution in [0.15, 0.2) is 42.9 Å². The first kappa shape index (κ1) is 11.8. The van der Waals surface area contributed by atoms with Crippen LogP contribution in [0.3, 0.4) is 0 Å². The van der Waals surface area contributed by atoms with E-state index >= 15 is 0 Å². The lowest BCUT2D eigenvalue weighted by molar-refractivity contribution is 0.768. The van der Waals surface area contributed by atoms with Crippen molar-refractivity contribution in [1.82, 2.24) is 24.7 Å². The van der Waals surface area contributed by atoms with Gasteiger partial charge in [0.2, 0.25) is 5.95 Å². The average molecular weight is 276 g/mol. The Kier molecular flexibility index (Phi) is 2.38. The minimum Gasteiger partial charge on any atom is -0.368 e. The molecule has 0 aliphatic carbocycles. The Morgan fingerprint density at radius 2 is 1.90 bits per heavy atom. The van der Waals surface area contributed by atoms with E-state index in [-0.39, 0.29) is 5.95 Å². The molecule has 1 aromatic carbocycles. The van der Waals surface area contributed by atoms with Gasteiger partial charge in [-0.05, 0) is 6.07 Å². The van der Waals surface area contributed by atoms with Crippen molar-refractivity contribution in [2.75, 3.05) is 5.73 Å². The van der Waals surface area contributed by atoms with Crippen LogP contribution in [0.4, 0.5) is 5.95 Å². The van der Waals surface area contributed by atoms with Gasteiger partial charge in [-0.15, -0.1) is 0 Å². The van der Waals surface area contributed by atoms with Crippen molar-refractivity contribution in [3.05, 3.63) is 42.9 Å². The number of aromatic nitrogens is 5. The van der Waals surface area contributed by atoms with Gasteiger partial charge in [0.15, 0.2) is 0 Å². The monoisotopic (exact) mass is 276 g/mol. The van der Waals surface area contributed by atoms with E-state index in [9.17, 15) is 0 Å². The number of fused-ring (bicyclic) bond motifs is 3. The van der Waals surface area contributed by atoms with Gasteiger partial charge in [-0.2, -0.15) is 5.10 Å². The van der Waals surface area contributed by atoms with E-state index in [4.69, 9.17) is 10.7 Å². The van der Waals surface area contributed by atoms with Gasteiger partial charge in [-0.3, -0.25) is 4.68 Å². The maximum Gasteiger partial charge on any atom is 0.220 e. The summed E-state index contributed by atoms with van der Waals surface area (Å²) in [6, 6.07) is 7.93. The number of para-hydroxylation sites is 1. The Morgan fingerprint density at radius 3 is 2.71 bits per heavy atom. The molecule has 3 aromatic heterocycles. The molecule has 0 saturated carbocycles. The van der Waals surface area contributed by atoms with Crippen molar-refractivity contribution in [2.45, 2.75) is 0 Å². The zero-order valence-corrected chi connectivity index (χ0v) is 11.4. The highest BCUT2D eigenvalue weighted by Gasteiger charge is 2.13.